The van der Waals surface area contributed by atoms with Gasteiger partial charge in [0, 0.05) is 22.8 Å². The molecule has 2 rings (SSSR count). The molecule has 1 aromatic heterocycles. The highest BCUT2D eigenvalue weighted by Crippen LogP contribution is 2.25. The van der Waals surface area contributed by atoms with E-state index < -0.39 is 5.97 Å². The van der Waals surface area contributed by atoms with Crippen LogP contribution in [0.25, 0.3) is 0 Å². The molecule has 7 heteroatoms. The number of carbonyl (C=O) groups excluding carboxylic acids is 1. The van der Waals surface area contributed by atoms with Gasteiger partial charge in [-0.3, -0.25) is 14.5 Å². The number of carbonyl (C=O) groups is 2. The smallest absolute Gasteiger partial charge is 0.317 e. The molecular weight excluding hydrogens is 338 g/mol. The molecule has 1 aliphatic rings. The van der Waals surface area contributed by atoms with Crippen LogP contribution in [0.2, 0.25) is 0 Å². The Bertz CT molecular complexity index is 515. The summed E-state index contributed by atoms with van der Waals surface area (Å²) in [7, 11) is 0. The predicted molar refractivity (Wildman–Crippen MR) is 81.1 cm³/mol. The Morgan fingerprint density at radius 2 is 2.19 bits per heavy atom. The fraction of sp³-hybridized carbons (Fsp3) is 0.500. The zero-order valence-corrected chi connectivity index (χ0v) is 13.3. The van der Waals surface area contributed by atoms with Crippen molar-refractivity contribution in [3.8, 4) is 0 Å². The van der Waals surface area contributed by atoms with Gasteiger partial charge in [-0.2, -0.15) is 0 Å². The van der Waals surface area contributed by atoms with Crippen LogP contribution in [0.1, 0.15) is 30.3 Å². The molecule has 0 unspecified atom stereocenters. The Morgan fingerprint density at radius 3 is 2.71 bits per heavy atom. The summed E-state index contributed by atoms with van der Waals surface area (Å²) >= 11 is 3.27. The number of halogens is 1. The lowest BCUT2D eigenvalue weighted by Gasteiger charge is -2.42. The zero-order chi connectivity index (χ0) is 15.4. The van der Waals surface area contributed by atoms with E-state index in [9.17, 15) is 9.59 Å². The van der Waals surface area contributed by atoms with Crippen LogP contribution < -0.4 is 5.32 Å². The fourth-order valence-electron chi connectivity index (χ4n) is 2.45. The average Bonchev–Trinajstić information content (AvgIpc) is 2.40. The van der Waals surface area contributed by atoms with Crippen molar-refractivity contribution in [3.05, 3.63) is 28.5 Å². The highest BCUT2D eigenvalue weighted by atomic mass is 79.9. The minimum absolute atomic E-state index is 0.0517. The lowest BCUT2D eigenvalue weighted by Crippen LogP contribution is -2.54. The molecule has 0 bridgehead atoms. The molecule has 0 spiro atoms. The number of likely N-dealkylation sites (N-methyl/N-ethyl adjacent to an activating group) is 1. The van der Waals surface area contributed by atoms with Crippen LogP contribution in [-0.4, -0.2) is 52.0 Å². The fourth-order valence-corrected chi connectivity index (χ4v) is 2.68. The van der Waals surface area contributed by atoms with E-state index in [0.29, 0.717) is 12.2 Å². The molecule has 0 aromatic carbocycles. The topological polar surface area (TPSA) is 82.5 Å². The van der Waals surface area contributed by atoms with Gasteiger partial charge in [-0.05, 0) is 47.4 Å². The van der Waals surface area contributed by atoms with Crippen LogP contribution in [0.4, 0.5) is 0 Å². The van der Waals surface area contributed by atoms with E-state index in [1.165, 1.54) is 0 Å². The van der Waals surface area contributed by atoms with Gasteiger partial charge in [0.1, 0.15) is 5.69 Å². The normalized spacial score (nSPS) is 20.9. The maximum Gasteiger partial charge on any atom is 0.317 e. The minimum atomic E-state index is -0.816. The summed E-state index contributed by atoms with van der Waals surface area (Å²) in [5, 5.41) is 11.8. The molecule has 0 radical (unpaired) electrons. The Labute approximate surface area is 131 Å². The molecule has 114 valence electrons. The van der Waals surface area contributed by atoms with E-state index in [0.717, 1.165) is 17.3 Å². The van der Waals surface area contributed by atoms with Gasteiger partial charge in [-0.1, -0.05) is 6.92 Å². The third-order valence-corrected chi connectivity index (χ3v) is 4.14. The summed E-state index contributed by atoms with van der Waals surface area (Å²) in [6.07, 6.45) is 3.15. The molecule has 1 aliphatic carbocycles. The maximum atomic E-state index is 12.0. The van der Waals surface area contributed by atoms with Crippen LogP contribution >= 0.6 is 15.9 Å². The monoisotopic (exact) mass is 355 g/mol. The first-order valence-corrected chi connectivity index (χ1v) is 7.67. The molecule has 1 fully saturated rings. The van der Waals surface area contributed by atoms with Gasteiger partial charge in [0.2, 0.25) is 0 Å². The molecule has 0 aliphatic heterocycles. The summed E-state index contributed by atoms with van der Waals surface area (Å²) in [4.78, 5) is 28.7. The van der Waals surface area contributed by atoms with Crippen molar-refractivity contribution in [1.29, 1.82) is 0 Å². The van der Waals surface area contributed by atoms with Crippen molar-refractivity contribution in [1.82, 2.24) is 15.2 Å². The van der Waals surface area contributed by atoms with Crippen molar-refractivity contribution in [3.63, 3.8) is 0 Å². The molecular formula is C14H18BrN3O3. The van der Waals surface area contributed by atoms with Crippen molar-refractivity contribution < 1.29 is 14.7 Å². The van der Waals surface area contributed by atoms with E-state index in [-0.39, 0.29) is 24.5 Å². The first-order valence-electron chi connectivity index (χ1n) is 6.87. The molecule has 0 atom stereocenters. The van der Waals surface area contributed by atoms with E-state index in [1.807, 2.05) is 11.8 Å². The summed E-state index contributed by atoms with van der Waals surface area (Å²) in [5.41, 5.74) is 0.388. The van der Waals surface area contributed by atoms with Crippen molar-refractivity contribution in [2.75, 3.05) is 13.1 Å². The van der Waals surface area contributed by atoms with Crippen LogP contribution in [0.3, 0.4) is 0 Å². The number of carboxylic acids is 1. The second-order valence-corrected chi connectivity index (χ2v) is 6.03. The summed E-state index contributed by atoms with van der Waals surface area (Å²) in [6.45, 7) is 2.70. The first kappa shape index (κ1) is 15.9. The van der Waals surface area contributed by atoms with Gasteiger partial charge >= 0.3 is 5.97 Å². The second kappa shape index (κ2) is 7.00. The Balaban J connectivity index is 1.80. The number of amides is 1. The van der Waals surface area contributed by atoms with Crippen molar-refractivity contribution in [2.45, 2.75) is 31.8 Å². The van der Waals surface area contributed by atoms with Gasteiger partial charge in [0.25, 0.3) is 5.91 Å². The number of carboxylic acid groups (broad SMARTS) is 1. The molecule has 1 amide bonds. The number of aromatic nitrogens is 1. The number of aliphatic carboxylic acids is 1. The highest BCUT2D eigenvalue weighted by Gasteiger charge is 2.34. The van der Waals surface area contributed by atoms with Gasteiger partial charge in [-0.15, -0.1) is 0 Å². The van der Waals surface area contributed by atoms with Gasteiger partial charge in [0.05, 0.1) is 6.54 Å². The van der Waals surface area contributed by atoms with E-state index >= 15 is 0 Å². The SMILES string of the molecule is CCN(CC(=O)O)C1CC(NC(=O)c2ccc(Br)cn2)C1. The largest absolute Gasteiger partial charge is 0.480 e. The van der Waals surface area contributed by atoms with Crippen molar-refractivity contribution in [2.24, 2.45) is 0 Å². The van der Waals surface area contributed by atoms with Crippen LogP contribution in [-0.2, 0) is 4.79 Å². The van der Waals surface area contributed by atoms with E-state index in [2.05, 4.69) is 26.2 Å². The maximum absolute atomic E-state index is 12.0. The van der Waals surface area contributed by atoms with Crippen LogP contribution in [0, 0.1) is 0 Å². The number of nitrogens with zero attached hydrogens (tertiary/aromatic N) is 2. The zero-order valence-electron chi connectivity index (χ0n) is 11.8. The third-order valence-electron chi connectivity index (χ3n) is 3.67. The number of nitrogens with one attached hydrogen (secondary N) is 1. The highest BCUT2D eigenvalue weighted by molar-refractivity contribution is 9.10. The summed E-state index contributed by atoms with van der Waals surface area (Å²) in [6, 6.07) is 3.76. The molecule has 2 N–H and O–H groups in total. The Hall–Kier alpha value is -1.47. The van der Waals surface area contributed by atoms with Gasteiger partial charge in [-0.25, -0.2) is 4.98 Å². The number of pyridine rings is 1. The van der Waals surface area contributed by atoms with Crippen LogP contribution in [0.5, 0.6) is 0 Å². The quantitative estimate of drug-likeness (QED) is 0.808. The number of hydrogen-bond donors (Lipinski definition) is 2. The molecule has 1 aromatic rings. The van der Waals surface area contributed by atoms with Gasteiger partial charge in [0.15, 0.2) is 0 Å². The minimum Gasteiger partial charge on any atom is -0.480 e. The second-order valence-electron chi connectivity index (χ2n) is 5.11. The molecule has 21 heavy (non-hydrogen) atoms. The summed E-state index contributed by atoms with van der Waals surface area (Å²) in [5.74, 6) is -1.00. The molecule has 1 saturated carbocycles. The van der Waals surface area contributed by atoms with Crippen LogP contribution in [0.15, 0.2) is 22.8 Å². The number of rotatable bonds is 6. The Kier molecular flexibility index (Phi) is 5.30. The molecule has 1 heterocycles. The average molecular weight is 356 g/mol. The lowest BCUT2D eigenvalue weighted by atomic mass is 9.85. The first-order chi connectivity index (χ1) is 9.99. The van der Waals surface area contributed by atoms with E-state index in [1.54, 1.807) is 18.3 Å². The summed E-state index contributed by atoms with van der Waals surface area (Å²) < 4.78 is 0.829. The van der Waals surface area contributed by atoms with Crippen molar-refractivity contribution >= 4 is 27.8 Å². The predicted octanol–water partition coefficient (Wildman–Crippen LogP) is 1.51. The van der Waals surface area contributed by atoms with E-state index in [4.69, 9.17) is 5.11 Å². The lowest BCUT2D eigenvalue weighted by molar-refractivity contribution is -0.139. The Morgan fingerprint density at radius 1 is 1.48 bits per heavy atom. The standard InChI is InChI=1S/C14H18BrN3O3/c1-2-18(8-13(19)20)11-5-10(6-11)17-14(21)12-4-3-9(15)7-16-12/h3-4,7,10-11H,2,5-6,8H2,1H3,(H,17,21)(H,19,20). The molecule has 6 nitrogen and oxygen atoms in total. The molecule has 0 saturated heterocycles. The number of hydrogen-bond acceptors (Lipinski definition) is 4. The third kappa shape index (κ3) is 4.25. The van der Waals surface area contributed by atoms with Gasteiger partial charge < -0.3 is 10.4 Å².